The quantitative estimate of drug-likeness (QED) is 0.683. The molecule has 0 aliphatic carbocycles. The predicted molar refractivity (Wildman–Crippen MR) is 111 cm³/mol. The van der Waals surface area contributed by atoms with Crippen molar-refractivity contribution in [2.45, 2.75) is 38.5 Å². The van der Waals surface area contributed by atoms with Crippen LogP contribution in [0.4, 0.5) is 0 Å². The second-order valence-corrected chi connectivity index (χ2v) is 7.14. The van der Waals surface area contributed by atoms with Gasteiger partial charge in [-0.25, -0.2) is 0 Å². The van der Waals surface area contributed by atoms with Crippen molar-refractivity contribution < 1.29 is 4.74 Å². The Balaban J connectivity index is 0.00000156. The Morgan fingerprint density at radius 2 is 1.44 bits per heavy atom. The number of ether oxygens (including phenoxy) is 1. The maximum absolute atomic E-state index is 5.81. The molecule has 2 aliphatic rings. The van der Waals surface area contributed by atoms with E-state index in [-0.39, 0.29) is 24.8 Å². The van der Waals surface area contributed by atoms with Crippen molar-refractivity contribution in [1.82, 2.24) is 9.80 Å². The number of halogens is 2. The first-order valence-electron chi connectivity index (χ1n) is 9.53. The van der Waals surface area contributed by atoms with Crippen LogP contribution in [0, 0.1) is 5.92 Å². The van der Waals surface area contributed by atoms with Crippen molar-refractivity contribution in [3.05, 3.63) is 30.3 Å². The summed E-state index contributed by atoms with van der Waals surface area (Å²) in [5.41, 5.74) is 0. The van der Waals surface area contributed by atoms with Gasteiger partial charge in [-0.1, -0.05) is 24.6 Å². The predicted octanol–water partition coefficient (Wildman–Crippen LogP) is 4.50. The van der Waals surface area contributed by atoms with Crippen LogP contribution >= 0.6 is 24.8 Å². The van der Waals surface area contributed by atoms with Gasteiger partial charge in [0, 0.05) is 6.54 Å². The minimum absolute atomic E-state index is 0. The molecule has 0 atom stereocenters. The smallest absolute Gasteiger partial charge is 0.119 e. The molecule has 144 valence electrons. The summed E-state index contributed by atoms with van der Waals surface area (Å²) in [7, 11) is 0. The number of piperidine rings is 2. The molecule has 2 aliphatic heterocycles. The monoisotopic (exact) mass is 388 g/mol. The largest absolute Gasteiger partial charge is 0.492 e. The molecule has 0 bridgehead atoms. The average Bonchev–Trinajstić information content (AvgIpc) is 2.63. The fourth-order valence-corrected chi connectivity index (χ4v) is 3.86. The number of benzene rings is 1. The van der Waals surface area contributed by atoms with Gasteiger partial charge >= 0.3 is 0 Å². The number of likely N-dealkylation sites (tertiary alicyclic amines) is 2. The van der Waals surface area contributed by atoms with Gasteiger partial charge in [0.05, 0.1) is 0 Å². The molecule has 0 aromatic heterocycles. The van der Waals surface area contributed by atoms with E-state index in [4.69, 9.17) is 4.74 Å². The van der Waals surface area contributed by atoms with Crippen LogP contribution in [0.1, 0.15) is 38.5 Å². The summed E-state index contributed by atoms with van der Waals surface area (Å²) < 4.78 is 5.81. The van der Waals surface area contributed by atoms with Crippen molar-refractivity contribution in [2.75, 3.05) is 45.9 Å². The third-order valence-electron chi connectivity index (χ3n) is 5.43. The molecular weight excluding hydrogens is 355 g/mol. The fraction of sp³-hybridized carbons (Fsp3) is 0.700. The zero-order valence-electron chi connectivity index (χ0n) is 15.3. The molecule has 2 heterocycles. The number of rotatable bonds is 7. The SMILES string of the molecule is Cl.Cl.c1ccc(OCCN2CCC(CCN3CCCCC3)CC2)cc1. The summed E-state index contributed by atoms with van der Waals surface area (Å²) in [5.74, 6) is 1.94. The van der Waals surface area contributed by atoms with Gasteiger partial charge in [-0.15, -0.1) is 24.8 Å². The second kappa shape index (κ2) is 12.8. The molecule has 0 amide bonds. The summed E-state index contributed by atoms with van der Waals surface area (Å²) >= 11 is 0. The zero-order chi connectivity index (χ0) is 15.7. The van der Waals surface area contributed by atoms with Gasteiger partial charge in [0.1, 0.15) is 12.4 Å². The lowest BCUT2D eigenvalue weighted by molar-refractivity contribution is 0.139. The molecule has 0 unspecified atom stereocenters. The van der Waals surface area contributed by atoms with E-state index in [0.29, 0.717) is 0 Å². The van der Waals surface area contributed by atoms with E-state index in [2.05, 4.69) is 9.80 Å². The van der Waals surface area contributed by atoms with Crippen molar-refractivity contribution in [3.63, 3.8) is 0 Å². The molecule has 1 aromatic carbocycles. The van der Waals surface area contributed by atoms with Crippen LogP contribution in [-0.4, -0.2) is 55.7 Å². The first-order chi connectivity index (χ1) is 11.4. The standard InChI is InChI=1S/C20H32N2O.2ClH/c1-3-7-20(8-4-1)23-18-17-22-15-10-19(11-16-22)9-14-21-12-5-2-6-13-21;;/h1,3-4,7-8,19H,2,5-6,9-18H2;2*1H. The molecule has 3 nitrogen and oxygen atoms in total. The Kier molecular flexibility index (Phi) is 11.6. The van der Waals surface area contributed by atoms with Gasteiger partial charge in [0.2, 0.25) is 0 Å². The van der Waals surface area contributed by atoms with E-state index in [0.717, 1.165) is 24.8 Å². The summed E-state index contributed by atoms with van der Waals surface area (Å²) in [5, 5.41) is 0. The highest BCUT2D eigenvalue weighted by atomic mass is 35.5. The summed E-state index contributed by atoms with van der Waals surface area (Å²) in [6.45, 7) is 8.40. The Morgan fingerprint density at radius 1 is 0.800 bits per heavy atom. The third kappa shape index (κ3) is 8.17. The van der Waals surface area contributed by atoms with Crippen LogP contribution in [-0.2, 0) is 0 Å². The second-order valence-electron chi connectivity index (χ2n) is 7.14. The minimum atomic E-state index is 0. The molecular formula is C20H34Cl2N2O. The Morgan fingerprint density at radius 3 is 2.12 bits per heavy atom. The maximum atomic E-state index is 5.81. The summed E-state index contributed by atoms with van der Waals surface area (Å²) in [4.78, 5) is 5.25. The first kappa shape index (κ1) is 22.6. The topological polar surface area (TPSA) is 15.7 Å². The first-order valence-corrected chi connectivity index (χ1v) is 9.53. The van der Waals surface area contributed by atoms with E-state index in [1.54, 1.807) is 0 Å². The highest BCUT2D eigenvalue weighted by molar-refractivity contribution is 5.85. The minimum Gasteiger partial charge on any atom is -0.492 e. The lowest BCUT2D eigenvalue weighted by Gasteiger charge is -2.33. The van der Waals surface area contributed by atoms with Crippen molar-refractivity contribution >= 4 is 24.8 Å². The molecule has 1 aromatic rings. The van der Waals surface area contributed by atoms with Gasteiger partial charge in [0.15, 0.2) is 0 Å². The molecule has 5 heteroatoms. The van der Waals surface area contributed by atoms with Gasteiger partial charge in [-0.05, 0) is 82.9 Å². The zero-order valence-corrected chi connectivity index (χ0v) is 16.9. The van der Waals surface area contributed by atoms with Gasteiger partial charge in [-0.3, -0.25) is 4.90 Å². The van der Waals surface area contributed by atoms with Gasteiger partial charge in [0.25, 0.3) is 0 Å². The van der Waals surface area contributed by atoms with Crippen LogP contribution in [0.25, 0.3) is 0 Å². The normalized spacial score (nSPS) is 19.7. The molecule has 2 fully saturated rings. The van der Waals surface area contributed by atoms with Crippen molar-refractivity contribution in [2.24, 2.45) is 5.92 Å². The number of nitrogens with zero attached hydrogens (tertiary/aromatic N) is 2. The van der Waals surface area contributed by atoms with Crippen LogP contribution < -0.4 is 4.74 Å². The molecule has 0 N–H and O–H groups in total. The van der Waals surface area contributed by atoms with Crippen LogP contribution in [0.2, 0.25) is 0 Å². The summed E-state index contributed by atoms with van der Waals surface area (Å²) in [6.07, 6.45) is 8.44. The van der Waals surface area contributed by atoms with Gasteiger partial charge < -0.3 is 9.64 Å². The van der Waals surface area contributed by atoms with E-state index in [9.17, 15) is 0 Å². The lowest BCUT2D eigenvalue weighted by atomic mass is 9.93. The summed E-state index contributed by atoms with van der Waals surface area (Å²) in [6, 6.07) is 10.2. The highest BCUT2D eigenvalue weighted by Gasteiger charge is 2.20. The van der Waals surface area contributed by atoms with E-state index in [1.165, 1.54) is 71.2 Å². The lowest BCUT2D eigenvalue weighted by Crippen LogP contribution is -2.38. The molecule has 0 saturated carbocycles. The van der Waals surface area contributed by atoms with Crippen molar-refractivity contribution in [1.29, 1.82) is 0 Å². The molecule has 25 heavy (non-hydrogen) atoms. The van der Waals surface area contributed by atoms with Crippen LogP contribution in [0.3, 0.4) is 0 Å². The highest BCUT2D eigenvalue weighted by Crippen LogP contribution is 2.21. The van der Waals surface area contributed by atoms with E-state index >= 15 is 0 Å². The van der Waals surface area contributed by atoms with Crippen LogP contribution in [0.5, 0.6) is 5.75 Å². The third-order valence-corrected chi connectivity index (χ3v) is 5.43. The Bertz CT molecular complexity index is 433. The van der Waals surface area contributed by atoms with Crippen LogP contribution in [0.15, 0.2) is 30.3 Å². The fourth-order valence-electron chi connectivity index (χ4n) is 3.86. The molecule has 2 saturated heterocycles. The Labute approximate surface area is 165 Å². The molecule has 3 rings (SSSR count). The number of hydrogen-bond acceptors (Lipinski definition) is 3. The Hall–Kier alpha value is -0.480. The van der Waals surface area contributed by atoms with E-state index < -0.39 is 0 Å². The van der Waals surface area contributed by atoms with Crippen molar-refractivity contribution in [3.8, 4) is 5.75 Å². The number of hydrogen-bond donors (Lipinski definition) is 0. The number of para-hydroxylation sites is 1. The average molecular weight is 389 g/mol. The van der Waals surface area contributed by atoms with Gasteiger partial charge in [-0.2, -0.15) is 0 Å². The molecule has 0 radical (unpaired) electrons. The molecule has 0 spiro atoms. The van der Waals surface area contributed by atoms with E-state index in [1.807, 2.05) is 30.3 Å². The maximum Gasteiger partial charge on any atom is 0.119 e.